The molecule has 0 spiro atoms. The topological polar surface area (TPSA) is 60.4 Å². The summed E-state index contributed by atoms with van der Waals surface area (Å²) in [6.45, 7) is 2.14. The van der Waals surface area contributed by atoms with Gasteiger partial charge in [0, 0.05) is 44.9 Å². The van der Waals surface area contributed by atoms with E-state index in [0.717, 1.165) is 42.5 Å². The molecule has 1 aromatic rings. The number of esters is 1. The molecule has 1 fully saturated rings. The summed E-state index contributed by atoms with van der Waals surface area (Å²) in [5, 5.41) is 0. The third kappa shape index (κ3) is 3.97. The van der Waals surface area contributed by atoms with Gasteiger partial charge in [-0.25, -0.2) is 4.79 Å². The lowest BCUT2D eigenvalue weighted by molar-refractivity contribution is -0.119. The fourth-order valence-electron chi connectivity index (χ4n) is 3.46. The minimum Gasteiger partial charge on any atom is -0.462 e. The van der Waals surface area contributed by atoms with E-state index < -0.39 is 10.8 Å². The maximum absolute atomic E-state index is 12.5. The molecule has 2 unspecified atom stereocenters. The number of rotatable bonds is 7. The van der Waals surface area contributed by atoms with Crippen molar-refractivity contribution in [2.75, 3.05) is 18.6 Å². The van der Waals surface area contributed by atoms with Crippen molar-refractivity contribution in [3.63, 3.8) is 0 Å². The highest BCUT2D eigenvalue weighted by Crippen LogP contribution is 2.39. The van der Waals surface area contributed by atoms with Gasteiger partial charge in [-0.15, -0.1) is 11.3 Å². The van der Waals surface area contributed by atoms with Gasteiger partial charge in [-0.3, -0.25) is 9.00 Å². The Morgan fingerprint density at radius 2 is 2.04 bits per heavy atom. The number of hydrogen-bond donors (Lipinski definition) is 0. The van der Waals surface area contributed by atoms with Crippen LogP contribution in [-0.2, 0) is 39.6 Å². The van der Waals surface area contributed by atoms with E-state index >= 15 is 0 Å². The summed E-state index contributed by atoms with van der Waals surface area (Å²) in [5.41, 5.74) is 1.69. The molecule has 0 bridgehead atoms. The van der Waals surface area contributed by atoms with Crippen LogP contribution in [0, 0.1) is 11.8 Å². The second kappa shape index (κ2) is 7.48. The molecule has 0 amide bonds. The van der Waals surface area contributed by atoms with Crippen molar-refractivity contribution in [3.8, 4) is 0 Å². The maximum Gasteiger partial charge on any atom is 0.339 e. The summed E-state index contributed by atoms with van der Waals surface area (Å²) >= 11 is 1.61. The fraction of sp³-hybridized carbons (Fsp3) is 0.667. The van der Waals surface area contributed by atoms with Crippen LogP contribution < -0.4 is 0 Å². The fourth-order valence-corrected chi connectivity index (χ4v) is 5.76. The second-order valence-electron chi connectivity index (χ2n) is 6.79. The molecule has 3 rings (SSSR count). The first-order valence-electron chi connectivity index (χ1n) is 8.62. The zero-order chi connectivity index (χ0) is 17.3. The van der Waals surface area contributed by atoms with E-state index in [0.29, 0.717) is 30.3 Å². The highest BCUT2D eigenvalue weighted by molar-refractivity contribution is 7.84. The lowest BCUT2D eigenvalue weighted by Gasteiger charge is -2.22. The molecule has 4 nitrogen and oxygen atoms in total. The van der Waals surface area contributed by atoms with Crippen molar-refractivity contribution in [1.29, 1.82) is 0 Å². The zero-order valence-electron chi connectivity index (χ0n) is 14.3. The Kier molecular flexibility index (Phi) is 5.55. The Labute approximate surface area is 149 Å². The van der Waals surface area contributed by atoms with E-state index in [9.17, 15) is 13.8 Å². The Bertz CT molecular complexity index is 673. The molecular formula is C18H24O4S2. The van der Waals surface area contributed by atoms with Gasteiger partial charge in [-0.1, -0.05) is 0 Å². The molecule has 2 aliphatic rings. The van der Waals surface area contributed by atoms with Gasteiger partial charge in [0.25, 0.3) is 0 Å². The number of thiophene rings is 1. The minimum atomic E-state index is -0.828. The molecule has 0 N–H and O–H groups in total. The predicted octanol–water partition coefficient (Wildman–Crippen LogP) is 2.93. The van der Waals surface area contributed by atoms with Crippen LogP contribution in [-0.4, -0.2) is 34.6 Å². The van der Waals surface area contributed by atoms with Gasteiger partial charge in [0.2, 0.25) is 0 Å². The Balaban J connectivity index is 1.89. The normalized spacial score (nSPS) is 21.2. The Hall–Kier alpha value is -1.01. The lowest BCUT2D eigenvalue weighted by Crippen LogP contribution is -2.21. The van der Waals surface area contributed by atoms with Crippen LogP contribution in [0.3, 0.4) is 0 Å². The van der Waals surface area contributed by atoms with Gasteiger partial charge >= 0.3 is 5.97 Å². The van der Waals surface area contributed by atoms with Crippen molar-refractivity contribution in [1.82, 2.24) is 0 Å². The molecule has 132 valence electrons. The largest absolute Gasteiger partial charge is 0.462 e. The average Bonchev–Trinajstić information content (AvgIpc) is 3.29. The first-order chi connectivity index (χ1) is 11.5. The first kappa shape index (κ1) is 17.8. The number of ether oxygens (including phenoxy) is 1. The molecule has 0 saturated heterocycles. The maximum atomic E-state index is 12.5. The van der Waals surface area contributed by atoms with Crippen LogP contribution in [0.25, 0.3) is 0 Å². The SMILES string of the molecule is CCOC(=O)c1c(CC(=O)C2CC2)sc2c1CC(CS(C)=O)CC2. The molecule has 0 radical (unpaired) electrons. The average molecular weight is 369 g/mol. The van der Waals surface area contributed by atoms with Crippen molar-refractivity contribution in [2.45, 2.75) is 45.4 Å². The van der Waals surface area contributed by atoms with E-state index in [1.165, 1.54) is 4.88 Å². The number of ketones is 1. The quantitative estimate of drug-likeness (QED) is 0.694. The zero-order valence-corrected chi connectivity index (χ0v) is 15.9. The molecule has 6 heteroatoms. The number of aryl methyl sites for hydroxylation is 1. The van der Waals surface area contributed by atoms with Gasteiger partial charge in [-0.05, 0) is 50.5 Å². The van der Waals surface area contributed by atoms with E-state index in [1.54, 1.807) is 24.5 Å². The summed E-state index contributed by atoms with van der Waals surface area (Å²) in [4.78, 5) is 26.9. The van der Waals surface area contributed by atoms with E-state index in [4.69, 9.17) is 4.74 Å². The van der Waals surface area contributed by atoms with Crippen LogP contribution >= 0.6 is 11.3 Å². The monoisotopic (exact) mass is 368 g/mol. The van der Waals surface area contributed by atoms with E-state index in [1.807, 2.05) is 0 Å². The summed E-state index contributed by atoms with van der Waals surface area (Å²) in [5.74, 6) is 1.18. The molecule has 24 heavy (non-hydrogen) atoms. The van der Waals surface area contributed by atoms with Crippen LogP contribution in [0.1, 0.15) is 51.9 Å². The summed E-state index contributed by atoms with van der Waals surface area (Å²) in [6, 6.07) is 0. The highest BCUT2D eigenvalue weighted by atomic mass is 32.2. The van der Waals surface area contributed by atoms with Gasteiger partial charge in [0.05, 0.1) is 12.2 Å². The van der Waals surface area contributed by atoms with Crippen LogP contribution in [0.15, 0.2) is 0 Å². The van der Waals surface area contributed by atoms with Crippen molar-refractivity contribution in [3.05, 3.63) is 20.9 Å². The van der Waals surface area contributed by atoms with Crippen LogP contribution in [0.5, 0.6) is 0 Å². The number of Topliss-reactive ketones (excluding diaryl/α,β-unsaturated/α-hetero) is 1. The van der Waals surface area contributed by atoms with Crippen LogP contribution in [0.4, 0.5) is 0 Å². The summed E-state index contributed by atoms with van der Waals surface area (Å²) < 4.78 is 16.8. The van der Waals surface area contributed by atoms with E-state index in [-0.39, 0.29) is 17.7 Å². The molecule has 1 heterocycles. The van der Waals surface area contributed by atoms with Gasteiger partial charge in [-0.2, -0.15) is 0 Å². The highest BCUT2D eigenvalue weighted by Gasteiger charge is 2.34. The van der Waals surface area contributed by atoms with Crippen LogP contribution in [0.2, 0.25) is 0 Å². The predicted molar refractivity (Wildman–Crippen MR) is 96.2 cm³/mol. The summed E-state index contributed by atoms with van der Waals surface area (Å²) in [6.07, 6.45) is 6.76. The lowest BCUT2D eigenvalue weighted by atomic mass is 9.87. The van der Waals surface area contributed by atoms with Crippen molar-refractivity contribution in [2.24, 2.45) is 11.8 Å². The molecule has 0 aromatic carbocycles. The van der Waals surface area contributed by atoms with E-state index in [2.05, 4.69) is 0 Å². The molecule has 1 saturated carbocycles. The third-order valence-corrected chi connectivity index (χ3v) is 6.99. The summed E-state index contributed by atoms with van der Waals surface area (Å²) in [7, 11) is -0.828. The molecule has 2 atom stereocenters. The van der Waals surface area contributed by atoms with Crippen molar-refractivity contribution >= 4 is 33.9 Å². The molecular weight excluding hydrogens is 344 g/mol. The Morgan fingerprint density at radius 3 is 2.67 bits per heavy atom. The minimum absolute atomic E-state index is 0.203. The van der Waals surface area contributed by atoms with Crippen molar-refractivity contribution < 1.29 is 18.5 Å². The number of hydrogen-bond acceptors (Lipinski definition) is 5. The standard InChI is InChI=1S/C18H24O4S2/c1-3-22-18(20)17-13-8-11(10-24(2)21)4-7-15(13)23-16(17)9-14(19)12-5-6-12/h11-12H,3-10H2,1-2H3. The number of carbonyl (C=O) groups excluding carboxylic acids is 2. The number of fused-ring (bicyclic) bond motifs is 1. The third-order valence-electron chi connectivity index (χ3n) is 4.75. The Morgan fingerprint density at radius 1 is 1.29 bits per heavy atom. The second-order valence-corrected chi connectivity index (χ2v) is 9.46. The smallest absolute Gasteiger partial charge is 0.339 e. The molecule has 1 aromatic heterocycles. The molecule has 0 aliphatic heterocycles. The first-order valence-corrected chi connectivity index (χ1v) is 11.2. The van der Waals surface area contributed by atoms with Gasteiger partial charge < -0.3 is 4.74 Å². The molecule has 2 aliphatic carbocycles. The van der Waals surface area contributed by atoms with Gasteiger partial charge in [0.15, 0.2) is 0 Å². The number of carbonyl (C=O) groups is 2. The van der Waals surface area contributed by atoms with Gasteiger partial charge in [0.1, 0.15) is 5.78 Å².